The predicted octanol–water partition coefficient (Wildman–Crippen LogP) is 2.40. The normalized spacial score (nSPS) is 16.0. The van der Waals surface area contributed by atoms with Crippen molar-refractivity contribution in [1.82, 2.24) is 10.0 Å². The van der Waals surface area contributed by atoms with Gasteiger partial charge in [-0.05, 0) is 43.0 Å². The lowest BCUT2D eigenvalue weighted by Crippen LogP contribution is -2.26. The fraction of sp³-hybridized carbons (Fsp3) is 0.500. The number of hydrogen-bond donors (Lipinski definition) is 2. The van der Waals surface area contributed by atoms with Crippen molar-refractivity contribution < 1.29 is 8.42 Å². The summed E-state index contributed by atoms with van der Waals surface area (Å²) >= 11 is 0. The summed E-state index contributed by atoms with van der Waals surface area (Å²) in [6, 6.07) is 7.13. The van der Waals surface area contributed by atoms with Gasteiger partial charge in [0.05, 0.1) is 4.90 Å². The molecule has 1 heterocycles. The van der Waals surface area contributed by atoms with E-state index in [0.29, 0.717) is 17.4 Å². The molecule has 5 heteroatoms. The van der Waals surface area contributed by atoms with Crippen LogP contribution >= 0.6 is 0 Å². The lowest BCUT2D eigenvalue weighted by molar-refractivity contribution is 0.579. The van der Waals surface area contributed by atoms with E-state index in [4.69, 9.17) is 0 Å². The van der Waals surface area contributed by atoms with E-state index in [1.807, 2.05) is 12.1 Å². The van der Waals surface area contributed by atoms with E-state index in [2.05, 4.69) is 30.0 Å². The maximum absolute atomic E-state index is 12.2. The largest absolute Gasteiger partial charge is 0.313 e. The molecule has 116 valence electrons. The Hall–Kier alpha value is -1.17. The van der Waals surface area contributed by atoms with Crippen LogP contribution in [0.15, 0.2) is 40.8 Å². The van der Waals surface area contributed by atoms with Crippen molar-refractivity contribution in [2.75, 3.05) is 19.6 Å². The fourth-order valence-corrected chi connectivity index (χ4v) is 3.39. The zero-order chi connectivity index (χ0) is 15.3. The van der Waals surface area contributed by atoms with Crippen LogP contribution in [-0.4, -0.2) is 28.1 Å². The molecule has 2 rings (SSSR count). The summed E-state index contributed by atoms with van der Waals surface area (Å²) < 4.78 is 27.1. The van der Waals surface area contributed by atoms with E-state index in [1.54, 1.807) is 12.1 Å². The Balaban J connectivity index is 1.93. The van der Waals surface area contributed by atoms with Gasteiger partial charge in [0.1, 0.15) is 0 Å². The van der Waals surface area contributed by atoms with Crippen LogP contribution in [0.4, 0.5) is 0 Å². The number of hydrogen-bond acceptors (Lipinski definition) is 3. The number of rotatable bonds is 6. The topological polar surface area (TPSA) is 58.2 Å². The van der Waals surface area contributed by atoms with Crippen molar-refractivity contribution in [1.29, 1.82) is 0 Å². The molecule has 0 aliphatic carbocycles. The summed E-state index contributed by atoms with van der Waals surface area (Å²) in [7, 11) is -3.40. The maximum Gasteiger partial charge on any atom is 0.240 e. The van der Waals surface area contributed by atoms with Gasteiger partial charge in [0.2, 0.25) is 10.0 Å². The first-order valence-electron chi connectivity index (χ1n) is 7.47. The average Bonchev–Trinajstić information content (AvgIpc) is 2.48. The van der Waals surface area contributed by atoms with Gasteiger partial charge in [-0.25, -0.2) is 13.1 Å². The molecule has 0 aromatic heterocycles. The van der Waals surface area contributed by atoms with Crippen LogP contribution in [-0.2, 0) is 10.0 Å². The van der Waals surface area contributed by atoms with Gasteiger partial charge in [-0.2, -0.15) is 0 Å². The minimum atomic E-state index is -3.40. The van der Waals surface area contributed by atoms with Gasteiger partial charge < -0.3 is 5.32 Å². The van der Waals surface area contributed by atoms with Crippen molar-refractivity contribution in [3.8, 4) is 0 Å². The first-order chi connectivity index (χ1) is 9.99. The van der Waals surface area contributed by atoms with Gasteiger partial charge in [0.15, 0.2) is 0 Å². The Kier molecular flexibility index (Phi) is 5.56. The highest BCUT2D eigenvalue weighted by atomic mass is 32.2. The number of sulfonamides is 1. The molecule has 2 N–H and O–H groups in total. The van der Waals surface area contributed by atoms with E-state index < -0.39 is 10.0 Å². The van der Waals surface area contributed by atoms with Gasteiger partial charge in [-0.1, -0.05) is 37.6 Å². The number of benzene rings is 1. The van der Waals surface area contributed by atoms with Gasteiger partial charge in [-0.3, -0.25) is 0 Å². The third-order valence-corrected chi connectivity index (χ3v) is 5.23. The van der Waals surface area contributed by atoms with E-state index in [0.717, 1.165) is 31.5 Å². The van der Waals surface area contributed by atoms with Gasteiger partial charge in [0, 0.05) is 13.1 Å². The summed E-state index contributed by atoms with van der Waals surface area (Å²) in [5.74, 6) is 0.404. The van der Waals surface area contributed by atoms with Crippen molar-refractivity contribution in [3.05, 3.63) is 41.5 Å². The third kappa shape index (κ3) is 4.66. The van der Waals surface area contributed by atoms with Crippen LogP contribution in [0.25, 0.3) is 0 Å². The molecule has 21 heavy (non-hydrogen) atoms. The molecule has 0 fully saturated rings. The van der Waals surface area contributed by atoms with Crippen molar-refractivity contribution in [2.24, 2.45) is 0 Å². The summed E-state index contributed by atoms with van der Waals surface area (Å²) in [5, 5.41) is 3.25. The molecule has 0 amide bonds. The van der Waals surface area contributed by atoms with E-state index >= 15 is 0 Å². The Labute approximate surface area is 127 Å². The Morgan fingerprint density at radius 2 is 1.95 bits per heavy atom. The quantitative estimate of drug-likeness (QED) is 0.793. The monoisotopic (exact) mass is 308 g/mol. The smallest absolute Gasteiger partial charge is 0.240 e. The predicted molar refractivity (Wildman–Crippen MR) is 85.9 cm³/mol. The average molecular weight is 308 g/mol. The molecular formula is C16H24N2O2S. The molecule has 1 aromatic carbocycles. The second-order valence-electron chi connectivity index (χ2n) is 5.69. The van der Waals surface area contributed by atoms with E-state index in [1.165, 1.54) is 5.57 Å². The van der Waals surface area contributed by atoms with Crippen molar-refractivity contribution in [3.63, 3.8) is 0 Å². The van der Waals surface area contributed by atoms with Crippen LogP contribution in [0.3, 0.4) is 0 Å². The van der Waals surface area contributed by atoms with Gasteiger partial charge in [0.25, 0.3) is 0 Å². The molecule has 0 saturated heterocycles. The zero-order valence-electron chi connectivity index (χ0n) is 12.7. The first-order valence-corrected chi connectivity index (χ1v) is 8.95. The molecule has 0 atom stereocenters. The molecule has 0 saturated carbocycles. The molecule has 1 aromatic rings. The number of nitrogens with one attached hydrogen (secondary N) is 2. The summed E-state index contributed by atoms with van der Waals surface area (Å²) in [4.78, 5) is 0.339. The summed E-state index contributed by atoms with van der Waals surface area (Å²) in [5.41, 5.74) is 2.47. The van der Waals surface area contributed by atoms with Crippen molar-refractivity contribution in [2.45, 2.75) is 37.5 Å². The molecular weight excluding hydrogens is 284 g/mol. The van der Waals surface area contributed by atoms with E-state index in [9.17, 15) is 8.42 Å². The molecule has 0 spiro atoms. The highest BCUT2D eigenvalue weighted by Gasteiger charge is 2.14. The van der Waals surface area contributed by atoms with Gasteiger partial charge >= 0.3 is 0 Å². The second kappa shape index (κ2) is 7.20. The van der Waals surface area contributed by atoms with Crippen LogP contribution in [0.5, 0.6) is 0 Å². The third-order valence-electron chi connectivity index (χ3n) is 3.75. The summed E-state index contributed by atoms with van der Waals surface area (Å²) in [6.45, 7) is 6.51. The highest BCUT2D eigenvalue weighted by molar-refractivity contribution is 7.89. The molecule has 4 nitrogen and oxygen atoms in total. The maximum atomic E-state index is 12.2. The summed E-state index contributed by atoms with van der Waals surface area (Å²) in [6.07, 6.45) is 3.94. The SMILES string of the molecule is CC(C)c1ccc(S(=O)(=O)NCCC2=CCNCC2)cc1. The minimum absolute atomic E-state index is 0.339. The molecule has 0 radical (unpaired) electrons. The molecule has 1 aliphatic heterocycles. The van der Waals surface area contributed by atoms with Crippen LogP contribution in [0.2, 0.25) is 0 Å². The van der Waals surface area contributed by atoms with Crippen molar-refractivity contribution >= 4 is 10.0 Å². The Morgan fingerprint density at radius 3 is 2.52 bits per heavy atom. The standard InChI is InChI=1S/C16H24N2O2S/c1-13(2)15-3-5-16(6-4-15)21(19,20)18-12-9-14-7-10-17-11-8-14/h3-7,13,17-18H,8-12H2,1-2H3. The molecule has 0 unspecified atom stereocenters. The Morgan fingerprint density at radius 1 is 1.24 bits per heavy atom. The van der Waals surface area contributed by atoms with Crippen LogP contribution < -0.4 is 10.0 Å². The van der Waals surface area contributed by atoms with Crippen LogP contribution in [0, 0.1) is 0 Å². The van der Waals surface area contributed by atoms with Crippen LogP contribution in [0.1, 0.15) is 38.2 Å². The fourth-order valence-electron chi connectivity index (χ4n) is 2.36. The molecule has 1 aliphatic rings. The molecule has 0 bridgehead atoms. The van der Waals surface area contributed by atoms with E-state index in [-0.39, 0.29) is 0 Å². The first kappa shape index (κ1) is 16.2. The zero-order valence-corrected chi connectivity index (χ0v) is 13.5. The second-order valence-corrected chi connectivity index (χ2v) is 7.45. The lowest BCUT2D eigenvalue weighted by Gasteiger charge is -2.14. The lowest BCUT2D eigenvalue weighted by atomic mass is 10.0. The Bertz CT molecular complexity index is 589. The minimum Gasteiger partial charge on any atom is -0.313 e. The van der Waals surface area contributed by atoms with Gasteiger partial charge in [-0.15, -0.1) is 0 Å². The highest BCUT2D eigenvalue weighted by Crippen LogP contribution is 2.17.